The number of hydrogen-bond donors (Lipinski definition) is 2. The molecule has 0 saturated heterocycles. The van der Waals surface area contributed by atoms with E-state index in [1.807, 2.05) is 31.2 Å². The molecule has 0 aliphatic rings. The SMILES string of the molecule is CN=C(NCCOc1ccc(C(F)(F)F)cn1)NCc1coc(-c2ccc(C)cc2)n1.I. The Morgan fingerprint density at radius 2 is 1.88 bits per heavy atom. The van der Waals surface area contributed by atoms with Crippen molar-refractivity contribution in [3.8, 4) is 17.3 Å². The number of rotatable bonds is 7. The Hall–Kier alpha value is -2.83. The average Bonchev–Trinajstić information content (AvgIpc) is 3.22. The van der Waals surface area contributed by atoms with Gasteiger partial charge in [0.1, 0.15) is 12.9 Å². The van der Waals surface area contributed by atoms with Crippen LogP contribution in [0.4, 0.5) is 13.2 Å². The standard InChI is InChI=1S/C21H22F3N5O2.HI/c1-14-3-5-15(6-4-14)19-29-17(13-31-19)12-28-20(25-2)26-9-10-30-18-8-7-16(11-27-18)21(22,23)24;/h3-8,11,13H,9-10,12H2,1-2H3,(H2,25,26,28);1H. The molecule has 7 nitrogen and oxygen atoms in total. The Morgan fingerprint density at radius 1 is 1.12 bits per heavy atom. The number of guanidine groups is 1. The summed E-state index contributed by atoms with van der Waals surface area (Å²) in [6.45, 7) is 2.98. The third kappa shape index (κ3) is 7.39. The van der Waals surface area contributed by atoms with Gasteiger partial charge in [-0.2, -0.15) is 13.2 Å². The van der Waals surface area contributed by atoms with E-state index in [-0.39, 0.29) is 36.5 Å². The van der Waals surface area contributed by atoms with Crippen LogP contribution in [0.3, 0.4) is 0 Å². The number of nitrogens with one attached hydrogen (secondary N) is 2. The molecule has 0 fully saturated rings. The first-order valence-electron chi connectivity index (χ1n) is 9.47. The average molecular weight is 561 g/mol. The van der Waals surface area contributed by atoms with Crippen molar-refractivity contribution in [2.45, 2.75) is 19.6 Å². The van der Waals surface area contributed by atoms with E-state index in [4.69, 9.17) is 9.15 Å². The minimum absolute atomic E-state index is 0. The first-order valence-corrected chi connectivity index (χ1v) is 9.47. The molecule has 3 aromatic rings. The van der Waals surface area contributed by atoms with Crippen LogP contribution < -0.4 is 15.4 Å². The van der Waals surface area contributed by atoms with Crippen molar-refractivity contribution in [1.29, 1.82) is 0 Å². The summed E-state index contributed by atoms with van der Waals surface area (Å²) in [6.07, 6.45) is -2.10. The maximum absolute atomic E-state index is 12.5. The largest absolute Gasteiger partial charge is 0.476 e. The number of aryl methyl sites for hydroxylation is 1. The quantitative estimate of drug-likeness (QED) is 0.192. The summed E-state index contributed by atoms with van der Waals surface area (Å²) in [7, 11) is 1.62. The monoisotopic (exact) mass is 561 g/mol. The number of oxazole rings is 1. The number of aliphatic imine (C=N–C) groups is 1. The van der Waals surface area contributed by atoms with Crippen LogP contribution in [-0.4, -0.2) is 36.1 Å². The normalized spacial score (nSPS) is 11.6. The first-order chi connectivity index (χ1) is 14.8. The number of benzene rings is 1. The number of hydrogen-bond acceptors (Lipinski definition) is 5. The van der Waals surface area contributed by atoms with Crippen molar-refractivity contribution in [3.63, 3.8) is 0 Å². The highest BCUT2D eigenvalue weighted by Gasteiger charge is 2.30. The van der Waals surface area contributed by atoms with Crippen LogP contribution in [0.1, 0.15) is 16.8 Å². The van der Waals surface area contributed by atoms with E-state index in [1.165, 1.54) is 6.07 Å². The summed E-state index contributed by atoms with van der Waals surface area (Å²) in [6, 6.07) is 10.00. The van der Waals surface area contributed by atoms with E-state index in [9.17, 15) is 13.2 Å². The number of nitrogens with zero attached hydrogens (tertiary/aromatic N) is 3. The molecule has 1 aromatic carbocycles. The Bertz CT molecular complexity index is 1010. The predicted octanol–water partition coefficient (Wildman–Crippen LogP) is 4.43. The number of halogens is 4. The van der Waals surface area contributed by atoms with Gasteiger partial charge in [-0.3, -0.25) is 4.99 Å². The number of alkyl halides is 3. The molecule has 0 radical (unpaired) electrons. The Labute approximate surface area is 200 Å². The van der Waals surface area contributed by atoms with E-state index in [0.29, 0.717) is 30.6 Å². The second-order valence-electron chi connectivity index (χ2n) is 6.59. The molecule has 0 saturated carbocycles. The minimum atomic E-state index is -4.42. The van der Waals surface area contributed by atoms with Gasteiger partial charge in [0.2, 0.25) is 11.8 Å². The smallest absolute Gasteiger partial charge is 0.417 e. The van der Waals surface area contributed by atoms with Crippen LogP contribution >= 0.6 is 24.0 Å². The molecule has 0 aliphatic heterocycles. The van der Waals surface area contributed by atoms with Crippen molar-refractivity contribution in [2.24, 2.45) is 4.99 Å². The fourth-order valence-electron chi connectivity index (χ4n) is 2.57. The third-order valence-electron chi connectivity index (χ3n) is 4.22. The summed E-state index contributed by atoms with van der Waals surface area (Å²) in [5, 5.41) is 6.14. The van der Waals surface area contributed by atoms with Crippen molar-refractivity contribution in [2.75, 3.05) is 20.2 Å². The highest BCUT2D eigenvalue weighted by atomic mass is 127. The zero-order chi connectivity index (χ0) is 22.3. The molecule has 0 amide bonds. The summed E-state index contributed by atoms with van der Waals surface area (Å²) < 4.78 is 48.5. The van der Waals surface area contributed by atoms with Gasteiger partial charge in [-0.05, 0) is 25.1 Å². The first kappa shape index (κ1) is 25.4. The fraction of sp³-hybridized carbons (Fsp3) is 0.286. The highest BCUT2D eigenvalue weighted by Crippen LogP contribution is 2.29. The van der Waals surface area contributed by atoms with Gasteiger partial charge < -0.3 is 19.8 Å². The molecule has 0 unspecified atom stereocenters. The van der Waals surface area contributed by atoms with Crippen LogP contribution in [-0.2, 0) is 12.7 Å². The van der Waals surface area contributed by atoms with Gasteiger partial charge in [0, 0.05) is 24.9 Å². The molecule has 2 N–H and O–H groups in total. The molecule has 3 rings (SSSR count). The molecule has 11 heteroatoms. The Morgan fingerprint density at radius 3 is 2.50 bits per heavy atom. The van der Waals surface area contributed by atoms with Crippen LogP contribution in [0, 0.1) is 6.92 Å². The van der Waals surface area contributed by atoms with Crippen molar-refractivity contribution in [1.82, 2.24) is 20.6 Å². The third-order valence-corrected chi connectivity index (χ3v) is 4.22. The summed E-state index contributed by atoms with van der Waals surface area (Å²) in [5.74, 6) is 1.17. The molecule has 0 atom stereocenters. The van der Waals surface area contributed by atoms with Gasteiger partial charge in [-0.1, -0.05) is 17.7 Å². The number of aromatic nitrogens is 2. The van der Waals surface area contributed by atoms with E-state index >= 15 is 0 Å². The fourth-order valence-corrected chi connectivity index (χ4v) is 2.57. The van der Waals surface area contributed by atoms with E-state index in [0.717, 1.165) is 23.4 Å². The lowest BCUT2D eigenvalue weighted by Crippen LogP contribution is -2.39. The van der Waals surface area contributed by atoms with Gasteiger partial charge in [-0.25, -0.2) is 9.97 Å². The van der Waals surface area contributed by atoms with Gasteiger partial charge >= 0.3 is 6.18 Å². The van der Waals surface area contributed by atoms with Crippen LogP contribution in [0.25, 0.3) is 11.5 Å². The number of ether oxygens (including phenoxy) is 1. The van der Waals surface area contributed by atoms with Crippen molar-refractivity contribution >= 4 is 29.9 Å². The molecule has 32 heavy (non-hydrogen) atoms. The number of pyridine rings is 1. The molecule has 2 aromatic heterocycles. The maximum Gasteiger partial charge on any atom is 0.417 e. The van der Waals surface area contributed by atoms with Gasteiger partial charge in [0.25, 0.3) is 0 Å². The van der Waals surface area contributed by atoms with Crippen LogP contribution in [0.5, 0.6) is 5.88 Å². The Balaban J connectivity index is 0.00000363. The molecule has 2 heterocycles. The topological polar surface area (TPSA) is 84.6 Å². The van der Waals surface area contributed by atoms with Crippen molar-refractivity contribution < 1.29 is 22.3 Å². The van der Waals surface area contributed by atoms with E-state index in [2.05, 4.69) is 25.6 Å². The summed E-state index contributed by atoms with van der Waals surface area (Å²) in [4.78, 5) is 12.2. The maximum atomic E-state index is 12.5. The van der Waals surface area contributed by atoms with E-state index < -0.39 is 11.7 Å². The molecule has 0 bridgehead atoms. The van der Waals surface area contributed by atoms with Crippen LogP contribution in [0.15, 0.2) is 58.3 Å². The molecule has 0 spiro atoms. The van der Waals surface area contributed by atoms with Gasteiger partial charge in [0.15, 0.2) is 5.96 Å². The Kier molecular flexibility index (Phi) is 9.29. The van der Waals surface area contributed by atoms with E-state index in [1.54, 1.807) is 13.3 Å². The zero-order valence-electron chi connectivity index (χ0n) is 17.4. The second-order valence-corrected chi connectivity index (χ2v) is 6.59. The lowest BCUT2D eigenvalue weighted by Gasteiger charge is -2.11. The summed E-state index contributed by atoms with van der Waals surface area (Å²) >= 11 is 0. The minimum Gasteiger partial charge on any atom is -0.476 e. The molecule has 172 valence electrons. The molecular weight excluding hydrogens is 538 g/mol. The lowest BCUT2D eigenvalue weighted by atomic mass is 10.1. The lowest BCUT2D eigenvalue weighted by molar-refractivity contribution is -0.137. The zero-order valence-corrected chi connectivity index (χ0v) is 19.8. The van der Waals surface area contributed by atoms with Gasteiger partial charge in [0.05, 0.1) is 24.3 Å². The van der Waals surface area contributed by atoms with Gasteiger partial charge in [-0.15, -0.1) is 24.0 Å². The van der Waals surface area contributed by atoms with Crippen molar-refractivity contribution in [3.05, 3.63) is 65.7 Å². The highest BCUT2D eigenvalue weighted by molar-refractivity contribution is 14.0. The van der Waals surface area contributed by atoms with Crippen LogP contribution in [0.2, 0.25) is 0 Å². The summed E-state index contributed by atoms with van der Waals surface area (Å²) in [5.41, 5.74) is 1.95. The second kappa shape index (κ2) is 11.7. The predicted molar refractivity (Wildman–Crippen MR) is 125 cm³/mol. The molecule has 0 aliphatic carbocycles. The molecular formula is C21H23F3IN5O2.